The van der Waals surface area contributed by atoms with Crippen LogP contribution < -0.4 is 100 Å². The zero-order valence-electron chi connectivity index (χ0n) is 6.64. The van der Waals surface area contributed by atoms with Crippen LogP contribution in [-0.4, -0.2) is 63.2 Å². The molecule has 0 unspecified atom stereocenters. The zero-order valence-corrected chi connectivity index (χ0v) is 15.0. The Bertz CT molecular complexity index is 85.9. The Balaban J connectivity index is -0.0000000221. The SMILES string of the molecule is O=C(O)O.[Ca+2].[K+].[Na+].[O-][Si]([O-])([O-])[O-]. The summed E-state index contributed by atoms with van der Waals surface area (Å²) >= 11 is 0. The van der Waals surface area contributed by atoms with Crippen LogP contribution in [-0.2, 0) is 0 Å². The molecule has 0 saturated heterocycles. The van der Waals surface area contributed by atoms with Crippen molar-refractivity contribution in [1.29, 1.82) is 0 Å². The Kier molecular flexibility index (Phi) is 40.9. The predicted octanol–water partition coefficient (Wildman–Crippen LogP) is -11.3. The van der Waals surface area contributed by atoms with Crippen LogP contribution in [0.4, 0.5) is 4.79 Å². The van der Waals surface area contributed by atoms with Crippen LogP contribution in [0.25, 0.3) is 0 Å². The molecule has 0 fully saturated rings. The van der Waals surface area contributed by atoms with Crippen molar-refractivity contribution >= 4 is 52.9 Å². The molecule has 11 heteroatoms. The molecule has 0 aliphatic carbocycles. The van der Waals surface area contributed by atoms with Gasteiger partial charge in [-0.2, -0.15) is 0 Å². The average molecular weight is 256 g/mol. The Labute approximate surface area is 164 Å². The first-order valence-electron chi connectivity index (χ1n) is 1.47. The summed E-state index contributed by atoms with van der Waals surface area (Å²) in [7, 11) is -5.61. The summed E-state index contributed by atoms with van der Waals surface area (Å²) in [4.78, 5) is 42.9. The van der Waals surface area contributed by atoms with Crippen LogP contribution in [0.5, 0.6) is 0 Å². The summed E-state index contributed by atoms with van der Waals surface area (Å²) in [5, 5.41) is 13.9. The van der Waals surface area contributed by atoms with Crippen LogP contribution in [0.1, 0.15) is 0 Å². The van der Waals surface area contributed by atoms with Gasteiger partial charge in [0.05, 0.1) is 0 Å². The van der Waals surface area contributed by atoms with Crippen molar-refractivity contribution in [3.8, 4) is 0 Å². The van der Waals surface area contributed by atoms with E-state index in [0.29, 0.717) is 0 Å². The molecule has 0 heterocycles. The van der Waals surface area contributed by atoms with E-state index in [9.17, 15) is 0 Å². The Morgan fingerprint density at radius 3 is 1.08 bits per heavy atom. The van der Waals surface area contributed by atoms with Crippen molar-refractivity contribution in [2.45, 2.75) is 0 Å². The van der Waals surface area contributed by atoms with E-state index in [1.54, 1.807) is 0 Å². The number of hydrogen-bond donors (Lipinski definition) is 2. The van der Waals surface area contributed by atoms with Crippen LogP contribution >= 0.6 is 0 Å². The maximum absolute atomic E-state index is 8.58. The van der Waals surface area contributed by atoms with Gasteiger partial charge in [0.2, 0.25) is 0 Å². The molecule has 56 valence electrons. The van der Waals surface area contributed by atoms with Crippen molar-refractivity contribution in [3.05, 3.63) is 0 Å². The maximum Gasteiger partial charge on any atom is 2.00 e. The molecule has 0 atom stereocenters. The van der Waals surface area contributed by atoms with E-state index < -0.39 is 15.2 Å². The summed E-state index contributed by atoms with van der Waals surface area (Å²) in [6.45, 7) is 0. The van der Waals surface area contributed by atoms with E-state index in [-0.39, 0.29) is 119 Å². The van der Waals surface area contributed by atoms with Gasteiger partial charge in [-0.05, 0) is 0 Å². The molecular formula is CH2CaKNaO7Si. The second-order valence-electron chi connectivity index (χ2n) is 0.783. The summed E-state index contributed by atoms with van der Waals surface area (Å²) in [6, 6.07) is 0. The van der Waals surface area contributed by atoms with Gasteiger partial charge in [-0.15, -0.1) is 0 Å². The number of carbonyl (C=O) groups is 1. The molecule has 0 radical (unpaired) electrons. The minimum absolute atomic E-state index is 0. The smallest absolute Gasteiger partial charge is 0.894 e. The Morgan fingerprint density at radius 2 is 1.08 bits per heavy atom. The van der Waals surface area contributed by atoms with Crippen molar-refractivity contribution < 1.29 is 115 Å². The van der Waals surface area contributed by atoms with Gasteiger partial charge in [0.25, 0.3) is 0 Å². The largest absolute Gasteiger partial charge is 2.00 e. The van der Waals surface area contributed by atoms with E-state index in [1.807, 2.05) is 0 Å². The normalized spacial score (nSPS) is 7.00. The van der Waals surface area contributed by atoms with Crippen molar-refractivity contribution in [3.63, 3.8) is 0 Å². The summed E-state index contributed by atoms with van der Waals surface area (Å²) in [5.74, 6) is 0. The van der Waals surface area contributed by atoms with Crippen molar-refractivity contribution in [2.24, 2.45) is 0 Å². The monoisotopic (exact) mass is 256 g/mol. The second kappa shape index (κ2) is 16.6. The fourth-order valence-electron chi connectivity index (χ4n) is 0. The van der Waals surface area contributed by atoms with E-state index in [2.05, 4.69) is 0 Å². The molecule has 7 nitrogen and oxygen atoms in total. The van der Waals surface area contributed by atoms with E-state index in [4.69, 9.17) is 34.2 Å². The first-order valence-corrected chi connectivity index (χ1v) is 3.10. The van der Waals surface area contributed by atoms with Crippen LogP contribution in [0, 0.1) is 0 Å². The number of rotatable bonds is 0. The fourth-order valence-corrected chi connectivity index (χ4v) is 0. The first kappa shape index (κ1) is 29.5. The second-order valence-corrected chi connectivity index (χ2v) is 1.78. The van der Waals surface area contributed by atoms with Gasteiger partial charge in [0.15, 0.2) is 0 Å². The van der Waals surface area contributed by atoms with Gasteiger partial charge >= 0.3 is 125 Å². The molecule has 0 aromatic rings. The van der Waals surface area contributed by atoms with Gasteiger partial charge in [-0.25, -0.2) is 4.79 Å². The van der Waals surface area contributed by atoms with Gasteiger partial charge in [-0.3, -0.25) is 0 Å². The molecule has 0 aromatic heterocycles. The summed E-state index contributed by atoms with van der Waals surface area (Å²) in [5.41, 5.74) is 0. The fraction of sp³-hybridized carbons (Fsp3) is 0. The standard InChI is InChI=1S/CH2O3.Ca.K.Na.O4Si/c2-1(3)4;;;;1-5(2,3)4/h(H2,2,3,4);;;;/q;+2;2*+1;-4. The topological polar surface area (TPSA) is 150 Å². The maximum atomic E-state index is 8.58. The van der Waals surface area contributed by atoms with Gasteiger partial charge in [0, 0.05) is 0 Å². The van der Waals surface area contributed by atoms with Crippen LogP contribution in [0.2, 0.25) is 0 Å². The number of carboxylic acid groups (broad SMARTS) is 2. The molecule has 0 bridgehead atoms. The van der Waals surface area contributed by atoms with E-state index in [0.717, 1.165) is 0 Å². The predicted molar refractivity (Wildman–Crippen MR) is 22.2 cm³/mol. The average Bonchev–Trinajstić information content (AvgIpc) is 1.19. The Hall–Kier alpha value is 3.22. The van der Waals surface area contributed by atoms with Crippen LogP contribution in [0.15, 0.2) is 0 Å². The molecule has 0 aromatic carbocycles. The Morgan fingerprint density at radius 1 is 1.08 bits per heavy atom. The van der Waals surface area contributed by atoms with Crippen molar-refractivity contribution in [1.82, 2.24) is 0 Å². The van der Waals surface area contributed by atoms with E-state index >= 15 is 0 Å². The molecule has 0 rings (SSSR count). The number of hydrogen-bond acceptors (Lipinski definition) is 5. The molecule has 0 saturated carbocycles. The summed E-state index contributed by atoms with van der Waals surface area (Å²) < 4.78 is 0. The van der Waals surface area contributed by atoms with E-state index in [1.165, 1.54) is 0 Å². The quantitative estimate of drug-likeness (QED) is 0.408. The molecule has 2 N–H and O–H groups in total. The molecule has 12 heavy (non-hydrogen) atoms. The third-order valence-electron chi connectivity index (χ3n) is 0. The molecule has 0 aliphatic rings. The molecular weight excluding hydrogens is 254 g/mol. The van der Waals surface area contributed by atoms with Gasteiger partial charge in [0.1, 0.15) is 0 Å². The minimum atomic E-state index is -5.61. The molecule has 0 spiro atoms. The van der Waals surface area contributed by atoms with Gasteiger partial charge in [-0.1, -0.05) is 0 Å². The molecule has 0 amide bonds. The minimum Gasteiger partial charge on any atom is -0.894 e. The zero-order chi connectivity index (χ0) is 8.08. The van der Waals surface area contributed by atoms with Crippen LogP contribution in [0.3, 0.4) is 0 Å². The first-order chi connectivity index (χ1) is 3.73. The molecule has 0 aliphatic heterocycles. The third kappa shape index (κ3) is 190. The third-order valence-corrected chi connectivity index (χ3v) is 0. The summed E-state index contributed by atoms with van der Waals surface area (Å²) in [6.07, 6.45) is -1.83. The van der Waals surface area contributed by atoms with Gasteiger partial charge < -0.3 is 38.4 Å². The van der Waals surface area contributed by atoms with Crippen molar-refractivity contribution in [2.75, 3.05) is 0 Å².